The van der Waals surface area contributed by atoms with Gasteiger partial charge in [0.15, 0.2) is 0 Å². The van der Waals surface area contributed by atoms with Gasteiger partial charge < -0.3 is 0 Å². The molecule has 0 aliphatic heterocycles. The van der Waals surface area contributed by atoms with Crippen LogP contribution in [0.5, 0.6) is 0 Å². The summed E-state index contributed by atoms with van der Waals surface area (Å²) in [4.78, 5) is 10.1. The minimum absolute atomic E-state index is 0.860. The average molecular weight is 529 g/mol. The van der Waals surface area contributed by atoms with E-state index >= 15 is 0 Å². The molecule has 5 aromatic carbocycles. The lowest BCUT2D eigenvalue weighted by atomic mass is 10.2. The molecule has 2 nitrogen and oxygen atoms in total. The molecular formula is C32H21N2PS2. The molecule has 0 atom stereocenters. The second kappa shape index (κ2) is 9.64. The van der Waals surface area contributed by atoms with Crippen molar-refractivity contribution in [1.82, 2.24) is 9.97 Å². The first-order chi connectivity index (χ1) is 18.3. The molecule has 0 saturated carbocycles. The van der Waals surface area contributed by atoms with Crippen LogP contribution in [0.25, 0.3) is 41.6 Å². The molecule has 5 heteroatoms. The maximum absolute atomic E-state index is 5.04. The third-order valence-electron chi connectivity index (χ3n) is 6.35. The van der Waals surface area contributed by atoms with Crippen LogP contribution in [-0.4, -0.2) is 9.97 Å². The number of hydrogen-bond donors (Lipinski definition) is 0. The van der Waals surface area contributed by atoms with E-state index in [2.05, 4.69) is 127 Å². The highest BCUT2D eigenvalue weighted by Gasteiger charge is 2.25. The summed E-state index contributed by atoms with van der Waals surface area (Å²) in [5.74, 6) is 0. The Labute approximate surface area is 224 Å². The van der Waals surface area contributed by atoms with Crippen molar-refractivity contribution < 1.29 is 0 Å². The second-order valence-electron chi connectivity index (χ2n) is 8.68. The van der Waals surface area contributed by atoms with Gasteiger partial charge in [-0.25, -0.2) is 9.97 Å². The van der Waals surface area contributed by atoms with Crippen molar-refractivity contribution in [3.05, 3.63) is 127 Å². The average Bonchev–Trinajstić information content (AvgIpc) is 3.59. The number of benzene rings is 5. The first-order valence-electron chi connectivity index (χ1n) is 12.1. The van der Waals surface area contributed by atoms with E-state index < -0.39 is 7.92 Å². The molecule has 7 aromatic rings. The smallest absolute Gasteiger partial charge is 0.125 e. The molecule has 2 aromatic heterocycles. The molecule has 0 aliphatic carbocycles. The lowest BCUT2D eigenvalue weighted by molar-refractivity contribution is 1.48. The van der Waals surface area contributed by atoms with Crippen LogP contribution in [-0.2, 0) is 0 Å². The minimum Gasteiger partial charge on any atom is -0.236 e. The van der Waals surface area contributed by atoms with Gasteiger partial charge in [0.1, 0.15) is 10.0 Å². The molecule has 0 radical (unpaired) electrons. The molecule has 0 N–H and O–H groups in total. The summed E-state index contributed by atoms with van der Waals surface area (Å²) in [6.07, 6.45) is 0. The van der Waals surface area contributed by atoms with Crippen molar-refractivity contribution >= 4 is 66.9 Å². The topological polar surface area (TPSA) is 25.8 Å². The molecule has 0 amide bonds. The predicted octanol–water partition coefficient (Wildman–Crippen LogP) is 8.00. The van der Waals surface area contributed by atoms with Crippen LogP contribution in [0, 0.1) is 0 Å². The van der Waals surface area contributed by atoms with Crippen LogP contribution >= 0.6 is 30.6 Å². The zero-order chi connectivity index (χ0) is 24.6. The Hall–Kier alpha value is -3.69. The van der Waals surface area contributed by atoms with Crippen LogP contribution in [0.15, 0.2) is 127 Å². The largest absolute Gasteiger partial charge is 0.236 e. The fourth-order valence-electron chi connectivity index (χ4n) is 4.66. The summed E-state index contributed by atoms with van der Waals surface area (Å²) in [6.45, 7) is 0. The Bertz CT molecular complexity index is 1670. The quantitative estimate of drug-likeness (QED) is 0.212. The van der Waals surface area contributed by atoms with Gasteiger partial charge in [-0.2, -0.15) is 0 Å². The van der Waals surface area contributed by atoms with Crippen LogP contribution in [0.3, 0.4) is 0 Å². The molecule has 0 aliphatic rings. The van der Waals surface area contributed by atoms with Gasteiger partial charge in [-0.1, -0.05) is 103 Å². The van der Waals surface area contributed by atoms with Crippen molar-refractivity contribution in [2.75, 3.05) is 0 Å². The van der Waals surface area contributed by atoms with Crippen molar-refractivity contribution in [2.24, 2.45) is 0 Å². The van der Waals surface area contributed by atoms with E-state index in [1.54, 1.807) is 22.7 Å². The lowest BCUT2D eigenvalue weighted by Gasteiger charge is -2.23. The highest BCUT2D eigenvalue weighted by Crippen LogP contribution is 2.42. The summed E-state index contributed by atoms with van der Waals surface area (Å²) in [6, 6.07) is 45.3. The summed E-state index contributed by atoms with van der Waals surface area (Å²) >= 11 is 3.53. The minimum atomic E-state index is -0.860. The van der Waals surface area contributed by atoms with E-state index in [4.69, 9.17) is 9.97 Å². The first-order valence-corrected chi connectivity index (χ1v) is 15.1. The fourth-order valence-corrected chi connectivity index (χ4v) is 9.42. The number of rotatable bonds is 5. The van der Waals surface area contributed by atoms with Crippen molar-refractivity contribution in [1.29, 1.82) is 0 Å². The molecule has 0 bridgehead atoms. The Kier molecular flexibility index (Phi) is 5.87. The van der Waals surface area contributed by atoms with E-state index in [9.17, 15) is 0 Å². The molecule has 37 heavy (non-hydrogen) atoms. The van der Waals surface area contributed by atoms with Crippen LogP contribution < -0.4 is 15.9 Å². The summed E-state index contributed by atoms with van der Waals surface area (Å²) < 4.78 is 2.43. The number of para-hydroxylation sites is 2. The van der Waals surface area contributed by atoms with Crippen LogP contribution in [0.4, 0.5) is 0 Å². The second-order valence-corrected chi connectivity index (χ2v) is 12.9. The van der Waals surface area contributed by atoms with E-state index in [1.165, 1.54) is 36.4 Å². The van der Waals surface area contributed by atoms with E-state index in [1.807, 2.05) is 0 Å². The highest BCUT2D eigenvalue weighted by molar-refractivity contribution is 7.80. The van der Waals surface area contributed by atoms with Gasteiger partial charge in [0.25, 0.3) is 0 Å². The molecule has 0 fully saturated rings. The zero-order valence-corrected chi connectivity index (χ0v) is 22.3. The van der Waals surface area contributed by atoms with Crippen molar-refractivity contribution in [3.63, 3.8) is 0 Å². The SMILES string of the molecule is c1ccc(P(c2ccccc2-c2nc3ccccc3s2)c2ccccc2-c2nc3ccccc3s2)cc1. The fraction of sp³-hybridized carbons (Fsp3) is 0. The number of aromatic nitrogens is 2. The third kappa shape index (κ3) is 4.18. The number of nitrogens with zero attached hydrogens (tertiary/aromatic N) is 2. The Morgan fingerprint density at radius 2 is 0.865 bits per heavy atom. The van der Waals surface area contributed by atoms with Crippen molar-refractivity contribution in [3.8, 4) is 21.1 Å². The Balaban J connectivity index is 1.46. The summed E-state index contributed by atoms with van der Waals surface area (Å²) in [7, 11) is -0.860. The van der Waals surface area contributed by atoms with E-state index in [-0.39, 0.29) is 0 Å². The first kappa shape index (κ1) is 22.5. The zero-order valence-electron chi connectivity index (χ0n) is 19.8. The molecule has 0 unspecified atom stereocenters. The number of hydrogen-bond acceptors (Lipinski definition) is 4. The van der Waals surface area contributed by atoms with Gasteiger partial charge in [0, 0.05) is 11.1 Å². The van der Waals surface area contributed by atoms with Crippen LogP contribution in [0.2, 0.25) is 0 Å². The monoisotopic (exact) mass is 528 g/mol. The predicted molar refractivity (Wildman–Crippen MR) is 162 cm³/mol. The van der Waals surface area contributed by atoms with Gasteiger partial charge in [0.2, 0.25) is 0 Å². The lowest BCUT2D eigenvalue weighted by Crippen LogP contribution is -2.23. The van der Waals surface area contributed by atoms with Gasteiger partial charge in [-0.3, -0.25) is 0 Å². The number of thiazole rings is 2. The number of fused-ring (bicyclic) bond motifs is 2. The standard InChI is InChI=1S/C32H21N2PS2/c1-2-12-22(13-3-1)35(27-18-8-4-14-23(27)31-33-25-16-6-10-20-29(25)36-31)28-19-9-5-15-24(28)32-34-26-17-7-11-21-30(26)37-32/h1-21H. The summed E-state index contributed by atoms with van der Waals surface area (Å²) in [5.41, 5.74) is 4.52. The van der Waals surface area contributed by atoms with Gasteiger partial charge >= 0.3 is 0 Å². The maximum Gasteiger partial charge on any atom is 0.125 e. The van der Waals surface area contributed by atoms with Gasteiger partial charge in [-0.15, -0.1) is 22.7 Å². The third-order valence-corrected chi connectivity index (χ3v) is 11.1. The molecule has 0 saturated heterocycles. The van der Waals surface area contributed by atoms with Crippen LogP contribution in [0.1, 0.15) is 0 Å². The Morgan fingerprint density at radius 1 is 0.432 bits per heavy atom. The van der Waals surface area contributed by atoms with Gasteiger partial charge in [-0.05, 0) is 48.1 Å². The van der Waals surface area contributed by atoms with Gasteiger partial charge in [0.05, 0.1) is 20.4 Å². The molecule has 176 valence electrons. The van der Waals surface area contributed by atoms with Crippen molar-refractivity contribution in [2.45, 2.75) is 0 Å². The molecule has 2 heterocycles. The maximum atomic E-state index is 5.04. The Morgan fingerprint density at radius 3 is 1.38 bits per heavy atom. The molecule has 0 spiro atoms. The highest BCUT2D eigenvalue weighted by atomic mass is 32.1. The van der Waals surface area contributed by atoms with E-state index in [0.29, 0.717) is 0 Å². The summed E-state index contributed by atoms with van der Waals surface area (Å²) in [5, 5.41) is 6.09. The normalized spacial score (nSPS) is 11.5. The van der Waals surface area contributed by atoms with E-state index in [0.717, 1.165) is 21.0 Å². The molecule has 7 rings (SSSR count). The molecular weight excluding hydrogens is 507 g/mol.